The summed E-state index contributed by atoms with van der Waals surface area (Å²) < 4.78 is 0. The van der Waals surface area contributed by atoms with E-state index in [1.54, 1.807) is 0 Å². The van der Waals surface area contributed by atoms with Crippen molar-refractivity contribution in [1.82, 2.24) is 0 Å². The summed E-state index contributed by atoms with van der Waals surface area (Å²) in [7, 11) is -4.61. The first-order valence-electron chi connectivity index (χ1n) is 0.894. The molecule has 0 aromatic rings. The van der Waals surface area contributed by atoms with E-state index in [0.717, 1.165) is 0 Å². The van der Waals surface area contributed by atoms with E-state index in [9.17, 15) is 0 Å². The van der Waals surface area contributed by atoms with Gasteiger partial charge in [0, 0.05) is 44.8 Å². The summed E-state index contributed by atoms with van der Waals surface area (Å²) in [5, 5.41) is 0. The third kappa shape index (κ3) is 97.8. The Balaban J connectivity index is -0.0000000800. The molecule has 0 fully saturated rings. The first-order chi connectivity index (χ1) is 2.00. The maximum Gasteiger partial charge on any atom is 0.668 e. The van der Waals surface area contributed by atoms with E-state index in [1.165, 1.54) is 0 Å². The fraction of sp³-hybridized carbons (Fsp3) is 0. The molecule has 0 aliphatic rings. The van der Waals surface area contributed by atoms with Gasteiger partial charge in [-0.15, -0.1) is 0 Å². The fourth-order valence-corrected chi connectivity index (χ4v) is 0. The maximum absolute atomic E-state index is 7.33. The second kappa shape index (κ2) is 5.67. The van der Waals surface area contributed by atoms with Gasteiger partial charge in [0.05, 0.1) is 0 Å². The summed E-state index contributed by atoms with van der Waals surface area (Å²) in [5.41, 5.74) is 0. The van der Waals surface area contributed by atoms with E-state index in [4.69, 9.17) is 19.2 Å². The largest absolute Gasteiger partial charge is 0.668 e. The van der Waals surface area contributed by atoms with E-state index < -0.39 is 9.05 Å². The second-order valence-corrected chi connectivity index (χ2v) is 1.80. The summed E-state index contributed by atoms with van der Waals surface area (Å²) in [4.78, 5) is 29.3. The Hall–Kier alpha value is 1.54. The van der Waals surface area contributed by atoms with Gasteiger partial charge in [-0.1, -0.05) is 0 Å². The first-order valence-corrected chi connectivity index (χ1v) is 2.68. The Bertz CT molecular complexity index is 27.2. The van der Waals surface area contributed by atoms with Crippen molar-refractivity contribution < 1.29 is 63.9 Å². The van der Waals surface area contributed by atoms with Gasteiger partial charge in [0.25, 0.3) is 0 Å². The predicted molar refractivity (Wildman–Crippen MR) is 14.6 cm³/mol. The second-order valence-electron chi connectivity index (χ2n) is 0.600. The molecule has 0 spiro atoms. The molecule has 0 aliphatic heterocycles. The Morgan fingerprint density at radius 3 is 0.857 bits per heavy atom. The van der Waals surface area contributed by atoms with Gasteiger partial charge < -0.3 is 19.2 Å². The van der Waals surface area contributed by atoms with Crippen LogP contribution in [0.4, 0.5) is 0 Å². The molecule has 0 bridgehead atoms. The molecule has 0 rings (SSSR count). The van der Waals surface area contributed by atoms with Crippen LogP contribution in [-0.4, -0.2) is 28.2 Å². The molecule has 0 amide bonds. The Kier molecular flexibility index (Phi) is 12.8. The van der Waals surface area contributed by atoms with E-state index in [2.05, 4.69) is 0 Å². The monoisotopic (exact) mass is 370 g/mol. The van der Waals surface area contributed by atoms with Crippen molar-refractivity contribution in [1.29, 1.82) is 0 Å². The molecule has 2 radical (unpaired) electrons. The van der Waals surface area contributed by atoms with E-state index in [1.807, 2.05) is 0 Å². The topological polar surface area (TPSA) is 80.9 Å². The summed E-state index contributed by atoms with van der Waals surface area (Å²) >= 11 is 0. The normalized spacial score (nSPS) is 8.57. The van der Waals surface area contributed by atoms with Crippen molar-refractivity contribution in [2.24, 2.45) is 0 Å². The minimum atomic E-state index is -4.61. The van der Waals surface area contributed by atoms with Gasteiger partial charge in [-0.05, 0) is 0 Å². The van der Waals surface area contributed by atoms with Gasteiger partial charge in [-0.3, -0.25) is 0 Å². The Morgan fingerprint density at radius 1 is 0.857 bits per heavy atom. The third-order valence-corrected chi connectivity index (χ3v) is 0. The minimum Gasteiger partial charge on any atom is -0.368 e. The molecule has 42 valence electrons. The summed E-state index contributed by atoms with van der Waals surface area (Å²) in [6.45, 7) is 0. The average molecular weight is 370 g/mol. The molecule has 0 aromatic heterocycles. The molecule has 7 heavy (non-hydrogen) atoms. The first kappa shape index (κ1) is 15.8. The predicted octanol–water partition coefficient (Wildman–Crippen LogP) is -2.61. The molecule has 0 heterocycles. The summed E-state index contributed by atoms with van der Waals surface area (Å²) in [6.07, 6.45) is 0. The fourth-order valence-electron chi connectivity index (χ4n) is 0. The summed E-state index contributed by atoms with van der Waals surface area (Å²) in [6, 6.07) is 0. The van der Waals surface area contributed by atoms with Crippen LogP contribution in [0.2, 0.25) is 0 Å². The zero-order valence-electron chi connectivity index (χ0n) is 3.18. The Labute approximate surface area is 72.7 Å². The number of hydrogen-bond acceptors (Lipinski definition) is 4. The van der Waals surface area contributed by atoms with Crippen LogP contribution < -0.4 is 0 Å². The van der Waals surface area contributed by atoms with E-state index >= 15 is 0 Å². The van der Waals surface area contributed by atoms with Gasteiger partial charge in [-0.25, -0.2) is 0 Å². The van der Waals surface area contributed by atoms with Crippen molar-refractivity contribution in [3.8, 4) is 0 Å². The molecular weight excluding hydrogens is 366 g/mol. The van der Waals surface area contributed by atoms with Crippen LogP contribution in [0.15, 0.2) is 0 Å². The van der Waals surface area contributed by atoms with Crippen molar-refractivity contribution in [3.63, 3.8) is 0 Å². The van der Waals surface area contributed by atoms with Gasteiger partial charge in [-0.2, -0.15) is 0 Å². The molecular formula is H4NbO4SiTa. The molecule has 0 aromatic carbocycles. The van der Waals surface area contributed by atoms with Crippen molar-refractivity contribution in [3.05, 3.63) is 0 Å². The van der Waals surface area contributed by atoms with Crippen LogP contribution in [0.25, 0.3) is 0 Å². The zero-order chi connectivity index (χ0) is 4.50. The smallest absolute Gasteiger partial charge is 0.368 e. The molecule has 0 atom stereocenters. The minimum absolute atomic E-state index is 0. The molecule has 0 saturated carbocycles. The molecule has 4 N–H and O–H groups in total. The van der Waals surface area contributed by atoms with E-state index in [-0.39, 0.29) is 44.8 Å². The van der Waals surface area contributed by atoms with Crippen molar-refractivity contribution in [2.45, 2.75) is 0 Å². The number of rotatable bonds is 0. The van der Waals surface area contributed by atoms with Crippen LogP contribution >= 0.6 is 0 Å². The summed E-state index contributed by atoms with van der Waals surface area (Å²) in [5.74, 6) is 0. The SMILES string of the molecule is O[Si](O)(O)O.[Nb].[Ta]. The zero-order valence-corrected chi connectivity index (χ0v) is 9.60. The van der Waals surface area contributed by atoms with Crippen molar-refractivity contribution >= 4 is 9.05 Å². The molecule has 0 aliphatic carbocycles. The van der Waals surface area contributed by atoms with E-state index in [0.29, 0.717) is 0 Å². The van der Waals surface area contributed by atoms with Crippen LogP contribution in [0.5, 0.6) is 0 Å². The maximum atomic E-state index is 7.33. The van der Waals surface area contributed by atoms with Crippen molar-refractivity contribution in [2.75, 3.05) is 0 Å². The van der Waals surface area contributed by atoms with Gasteiger partial charge in [0.1, 0.15) is 0 Å². The third-order valence-electron chi connectivity index (χ3n) is 0. The quantitative estimate of drug-likeness (QED) is 0.353. The van der Waals surface area contributed by atoms with Gasteiger partial charge in [0.2, 0.25) is 0 Å². The molecule has 0 unspecified atom stereocenters. The number of hydrogen-bond donors (Lipinski definition) is 4. The Morgan fingerprint density at radius 2 is 0.857 bits per heavy atom. The van der Waals surface area contributed by atoms with Crippen LogP contribution in [0, 0.1) is 0 Å². The van der Waals surface area contributed by atoms with Crippen LogP contribution in [0.3, 0.4) is 0 Å². The van der Waals surface area contributed by atoms with Gasteiger partial charge in [0.15, 0.2) is 0 Å². The average Bonchev–Trinajstić information content (AvgIpc) is 0.722. The van der Waals surface area contributed by atoms with Gasteiger partial charge >= 0.3 is 9.05 Å². The molecule has 0 saturated heterocycles. The van der Waals surface area contributed by atoms with Crippen LogP contribution in [-0.2, 0) is 44.8 Å². The molecule has 4 nitrogen and oxygen atoms in total. The molecule has 7 heteroatoms. The standard InChI is InChI=1S/Nb.H4O4Si.Ta/c;1-5(2,3)4;/h;1-4H;. The van der Waals surface area contributed by atoms with Crippen LogP contribution in [0.1, 0.15) is 0 Å².